The molecule has 0 aliphatic carbocycles. The Morgan fingerprint density at radius 3 is 1.77 bits per heavy atom. The van der Waals surface area contributed by atoms with E-state index in [0.29, 0.717) is 38.8 Å². The number of hydrogen-bond donors (Lipinski definition) is 2. The molecule has 2 aromatic carbocycles. The highest BCUT2D eigenvalue weighted by Crippen LogP contribution is 2.37. The second kappa shape index (κ2) is 14.4. The van der Waals surface area contributed by atoms with E-state index in [9.17, 15) is 5.26 Å². The molecule has 0 unspecified atom stereocenters. The van der Waals surface area contributed by atoms with E-state index >= 15 is 0 Å². The maximum Gasteiger partial charge on any atom is 0.202 e. The summed E-state index contributed by atoms with van der Waals surface area (Å²) in [5.41, 5.74) is 7.97. The summed E-state index contributed by atoms with van der Waals surface area (Å²) < 4.78 is 0. The molecule has 12 nitrogen and oxygen atoms in total. The first-order chi connectivity index (χ1) is 25.2. The maximum atomic E-state index is 9.34. The second-order valence-electron chi connectivity index (χ2n) is 14.7. The number of fused-ring (bicyclic) bond motifs is 2. The smallest absolute Gasteiger partial charge is 0.202 e. The monoisotopic (exact) mass is 692 g/mol. The molecule has 2 aliphatic heterocycles. The Morgan fingerprint density at radius 1 is 0.692 bits per heavy atom. The molecule has 0 bridgehead atoms. The van der Waals surface area contributed by atoms with Gasteiger partial charge in [0.1, 0.15) is 22.7 Å². The van der Waals surface area contributed by atoms with Crippen molar-refractivity contribution in [2.45, 2.75) is 66.2 Å². The highest BCUT2D eigenvalue weighted by molar-refractivity contribution is 5.90. The van der Waals surface area contributed by atoms with Crippen LogP contribution in [0.2, 0.25) is 0 Å². The van der Waals surface area contributed by atoms with Gasteiger partial charge in [-0.25, -0.2) is 19.9 Å². The van der Waals surface area contributed by atoms with Crippen molar-refractivity contribution in [3.05, 3.63) is 72.1 Å². The zero-order valence-electron chi connectivity index (χ0n) is 30.3. The van der Waals surface area contributed by atoms with Crippen LogP contribution < -0.4 is 9.80 Å². The van der Waals surface area contributed by atoms with Crippen molar-refractivity contribution in [1.82, 2.24) is 40.3 Å². The van der Waals surface area contributed by atoms with E-state index in [2.05, 4.69) is 80.0 Å². The molecule has 6 aromatic rings. The van der Waals surface area contributed by atoms with Crippen LogP contribution in [0.4, 0.5) is 11.6 Å². The fourth-order valence-corrected chi connectivity index (χ4v) is 7.07. The SMILES string of the molecule is CCC1(C)CCN(c2cnc3c(-c4cccc(C#N)c4)[nH]nc3n2)CC1.CCC1(C)CCN(c2cnc3c(-c4ccccc4C#N)[nH]nc3n2)CC1. The zero-order chi connectivity index (χ0) is 36.3. The van der Waals surface area contributed by atoms with Gasteiger partial charge in [0.05, 0.1) is 47.0 Å². The van der Waals surface area contributed by atoms with E-state index in [1.807, 2.05) is 48.8 Å². The van der Waals surface area contributed by atoms with Gasteiger partial charge in [-0.15, -0.1) is 0 Å². The van der Waals surface area contributed by atoms with Crippen molar-refractivity contribution in [2.75, 3.05) is 36.0 Å². The molecule has 12 heteroatoms. The highest BCUT2D eigenvalue weighted by atomic mass is 15.2. The molecule has 2 aliphatic rings. The van der Waals surface area contributed by atoms with Gasteiger partial charge in [-0.05, 0) is 54.7 Å². The number of rotatable bonds is 6. The number of anilines is 2. The van der Waals surface area contributed by atoms with E-state index < -0.39 is 0 Å². The lowest BCUT2D eigenvalue weighted by Gasteiger charge is -2.39. The van der Waals surface area contributed by atoms with Crippen LogP contribution in [0.15, 0.2) is 60.9 Å². The second-order valence-corrected chi connectivity index (χ2v) is 14.7. The fraction of sp³-hybridized carbons (Fsp3) is 0.400. The van der Waals surface area contributed by atoms with Gasteiger partial charge in [0.15, 0.2) is 0 Å². The number of H-pyrrole nitrogens is 2. The number of piperidine rings is 2. The Morgan fingerprint density at radius 2 is 1.23 bits per heavy atom. The summed E-state index contributed by atoms with van der Waals surface area (Å²) in [6, 6.07) is 19.3. The number of nitrogens with one attached hydrogen (secondary N) is 2. The van der Waals surface area contributed by atoms with Crippen LogP contribution in [-0.4, -0.2) is 66.5 Å². The lowest BCUT2D eigenvalue weighted by atomic mass is 9.78. The molecule has 0 spiro atoms. The largest absolute Gasteiger partial charge is 0.355 e. The van der Waals surface area contributed by atoms with E-state index in [4.69, 9.17) is 15.2 Å². The van der Waals surface area contributed by atoms with Crippen LogP contribution in [0.5, 0.6) is 0 Å². The van der Waals surface area contributed by atoms with Gasteiger partial charge in [0, 0.05) is 37.3 Å². The van der Waals surface area contributed by atoms with Crippen molar-refractivity contribution in [3.8, 4) is 34.7 Å². The third kappa shape index (κ3) is 6.89. The number of hydrogen-bond acceptors (Lipinski definition) is 10. The first kappa shape index (κ1) is 34.6. The molecule has 2 N–H and O–H groups in total. The highest BCUT2D eigenvalue weighted by Gasteiger charge is 2.30. The van der Waals surface area contributed by atoms with Crippen LogP contribution in [-0.2, 0) is 0 Å². The molecule has 0 saturated carbocycles. The lowest BCUT2D eigenvalue weighted by molar-refractivity contribution is 0.237. The summed E-state index contributed by atoms with van der Waals surface area (Å²) >= 11 is 0. The standard InChI is InChI=1S/2C20H22N6/c1-3-20(2)7-9-26(10-8-20)16-13-22-18-17(24-25-19(18)23-16)15-6-4-5-14(11-15)12-21;1-3-20(2)8-10-26(11-9-20)16-13-22-18-17(24-25-19(18)23-16)15-7-5-4-6-14(15)12-21/h4-6,11,13H,3,7-10H2,1-2H3,(H,23,24,25);4-7,13H,3,8-11H2,1-2H3,(H,23,24,25). The van der Waals surface area contributed by atoms with Gasteiger partial charge in [-0.2, -0.15) is 20.7 Å². The number of benzene rings is 2. The fourth-order valence-electron chi connectivity index (χ4n) is 7.07. The molecule has 264 valence electrons. The molecule has 2 fully saturated rings. The first-order valence-electron chi connectivity index (χ1n) is 18.2. The van der Waals surface area contributed by atoms with Crippen molar-refractivity contribution >= 4 is 34.0 Å². The van der Waals surface area contributed by atoms with Crippen LogP contribution >= 0.6 is 0 Å². The molecule has 2 saturated heterocycles. The summed E-state index contributed by atoms with van der Waals surface area (Å²) in [4.78, 5) is 23.3. The van der Waals surface area contributed by atoms with Gasteiger partial charge in [0.2, 0.25) is 11.3 Å². The van der Waals surface area contributed by atoms with E-state index in [0.717, 1.165) is 65.8 Å². The Labute approximate surface area is 304 Å². The van der Waals surface area contributed by atoms with Crippen LogP contribution in [0.25, 0.3) is 44.8 Å². The molecule has 0 amide bonds. The Kier molecular flexibility index (Phi) is 9.57. The maximum absolute atomic E-state index is 9.34. The summed E-state index contributed by atoms with van der Waals surface area (Å²) in [6.07, 6.45) is 10.8. The predicted octanol–water partition coefficient (Wildman–Crippen LogP) is 7.82. The summed E-state index contributed by atoms with van der Waals surface area (Å²) in [5.74, 6) is 1.77. The molecular formula is C40H44N12. The Hall–Kier alpha value is -5.88. The quantitative estimate of drug-likeness (QED) is 0.176. The first-order valence-corrected chi connectivity index (χ1v) is 18.2. The van der Waals surface area contributed by atoms with Crippen molar-refractivity contribution in [1.29, 1.82) is 10.5 Å². The van der Waals surface area contributed by atoms with Crippen LogP contribution in [0.1, 0.15) is 77.3 Å². The van der Waals surface area contributed by atoms with Crippen LogP contribution in [0.3, 0.4) is 0 Å². The predicted molar refractivity (Wildman–Crippen MR) is 203 cm³/mol. The third-order valence-electron chi connectivity index (χ3n) is 11.4. The van der Waals surface area contributed by atoms with E-state index in [1.54, 1.807) is 12.1 Å². The molecule has 6 heterocycles. The molecule has 52 heavy (non-hydrogen) atoms. The zero-order valence-corrected chi connectivity index (χ0v) is 30.3. The van der Waals surface area contributed by atoms with Crippen molar-refractivity contribution < 1.29 is 0 Å². The van der Waals surface area contributed by atoms with Gasteiger partial charge in [-0.3, -0.25) is 10.2 Å². The lowest BCUT2D eigenvalue weighted by Crippen LogP contribution is -2.38. The van der Waals surface area contributed by atoms with Gasteiger partial charge >= 0.3 is 0 Å². The molecule has 0 radical (unpaired) electrons. The van der Waals surface area contributed by atoms with E-state index in [-0.39, 0.29) is 0 Å². The summed E-state index contributed by atoms with van der Waals surface area (Å²) in [5, 5.41) is 33.2. The summed E-state index contributed by atoms with van der Waals surface area (Å²) in [6.45, 7) is 13.3. The van der Waals surface area contributed by atoms with Crippen molar-refractivity contribution in [3.63, 3.8) is 0 Å². The number of nitriles is 2. The molecule has 4 aromatic heterocycles. The van der Waals surface area contributed by atoms with Gasteiger partial charge in [-0.1, -0.05) is 70.9 Å². The van der Waals surface area contributed by atoms with Crippen molar-refractivity contribution in [2.24, 2.45) is 10.8 Å². The topological polar surface area (TPSA) is 163 Å². The average molecular weight is 693 g/mol. The minimum Gasteiger partial charge on any atom is -0.355 e. The average Bonchev–Trinajstić information content (AvgIpc) is 3.83. The van der Waals surface area contributed by atoms with Crippen LogP contribution in [0, 0.1) is 33.5 Å². The number of nitrogens with zero attached hydrogens (tertiary/aromatic N) is 10. The number of aromatic nitrogens is 8. The third-order valence-corrected chi connectivity index (χ3v) is 11.4. The molecule has 8 rings (SSSR count). The number of aromatic amines is 2. The normalized spacial score (nSPS) is 16.6. The molecular weight excluding hydrogens is 649 g/mol. The van der Waals surface area contributed by atoms with Gasteiger partial charge in [0.25, 0.3) is 0 Å². The summed E-state index contributed by atoms with van der Waals surface area (Å²) in [7, 11) is 0. The minimum atomic E-state index is 0.439. The Bertz CT molecular complexity index is 2270. The minimum absolute atomic E-state index is 0.439. The van der Waals surface area contributed by atoms with Gasteiger partial charge < -0.3 is 9.80 Å². The molecule has 0 atom stereocenters. The Balaban J connectivity index is 0.000000162. The van der Waals surface area contributed by atoms with E-state index in [1.165, 1.54) is 38.5 Å².